The number of carbonyl (C=O) groups excluding carboxylic acids is 1. The van der Waals surface area contributed by atoms with E-state index in [0.717, 1.165) is 49.8 Å². The van der Waals surface area contributed by atoms with Crippen LogP contribution in [-0.4, -0.2) is 74.1 Å². The van der Waals surface area contributed by atoms with E-state index in [4.69, 9.17) is 16.7 Å². The van der Waals surface area contributed by atoms with Gasteiger partial charge in [0.05, 0.1) is 40.8 Å². The number of nitrogens with zero attached hydrogens (tertiary/aromatic N) is 5. The number of β-amino-alcohol motifs (C(OH)–C–C–N with tert-alkyl or cyclic N) is 1. The number of rotatable bonds is 4. The maximum atomic E-state index is 13.4. The van der Waals surface area contributed by atoms with Crippen molar-refractivity contribution in [2.75, 3.05) is 39.3 Å². The van der Waals surface area contributed by atoms with Gasteiger partial charge in [0.1, 0.15) is 5.52 Å². The average Bonchev–Trinajstić information content (AvgIpc) is 3.31. The number of carbonyl (C=O) groups is 1. The Balaban J connectivity index is 1.59. The summed E-state index contributed by atoms with van der Waals surface area (Å²) >= 11 is 6.63. The number of imidazole rings is 1. The molecule has 3 aromatic rings. The summed E-state index contributed by atoms with van der Waals surface area (Å²) in [4.78, 5) is 34.9. The fourth-order valence-corrected chi connectivity index (χ4v) is 5.41. The van der Waals surface area contributed by atoms with Crippen LogP contribution in [0.5, 0.6) is 0 Å². The number of hydrogen-bond donors (Lipinski definition) is 1. The van der Waals surface area contributed by atoms with Gasteiger partial charge in [-0.15, -0.1) is 0 Å². The monoisotopic (exact) mass is 457 g/mol. The number of aliphatic hydroxyl groups is 1. The number of amides is 1. The zero-order chi connectivity index (χ0) is 22.2. The molecule has 1 saturated carbocycles. The number of piperazine rings is 1. The summed E-state index contributed by atoms with van der Waals surface area (Å²) in [5.41, 5.74) is 2.41. The van der Waals surface area contributed by atoms with E-state index in [1.165, 1.54) is 6.42 Å². The van der Waals surface area contributed by atoms with Crippen LogP contribution in [0, 0.1) is 0 Å². The minimum absolute atomic E-state index is 0.0692. The van der Waals surface area contributed by atoms with E-state index < -0.39 is 0 Å². The third-order valence-corrected chi connectivity index (χ3v) is 7.22. The third-order valence-electron chi connectivity index (χ3n) is 6.91. The molecule has 0 atom stereocenters. The van der Waals surface area contributed by atoms with E-state index in [1.807, 2.05) is 4.57 Å². The van der Waals surface area contributed by atoms with Crippen LogP contribution in [0.15, 0.2) is 29.5 Å². The summed E-state index contributed by atoms with van der Waals surface area (Å²) in [6.45, 7) is 3.35. The molecular weight excluding hydrogens is 430 g/mol. The molecule has 0 spiro atoms. The fraction of sp³-hybridized carbons (Fsp3) is 0.522. The number of fused-ring (bicyclic) bond motifs is 3. The smallest absolute Gasteiger partial charge is 0.277 e. The largest absolute Gasteiger partial charge is 0.395 e. The summed E-state index contributed by atoms with van der Waals surface area (Å²) in [5, 5.41) is 9.53. The molecular formula is C23H28ClN5O3. The number of aromatic nitrogens is 3. The molecule has 5 rings (SSSR count). The van der Waals surface area contributed by atoms with Gasteiger partial charge in [-0.3, -0.25) is 18.9 Å². The lowest BCUT2D eigenvalue weighted by atomic mass is 9.95. The standard InChI is InChI=1S/C23H28ClN5O3/c24-18-13-19-20(12-17(18)22(31)27-8-6-26(7-9-27)10-11-30)29(16-4-2-1-3-5-16)23(32)21-14-25-15-28(19)21/h12-16,30H,1-11H2. The Morgan fingerprint density at radius 3 is 2.53 bits per heavy atom. The summed E-state index contributed by atoms with van der Waals surface area (Å²) in [6.07, 6.45) is 8.52. The van der Waals surface area contributed by atoms with Gasteiger partial charge in [0.15, 0.2) is 0 Å². The van der Waals surface area contributed by atoms with Crippen LogP contribution in [0.2, 0.25) is 5.02 Å². The van der Waals surface area contributed by atoms with Crippen molar-refractivity contribution >= 4 is 34.1 Å². The molecule has 1 aliphatic heterocycles. The third kappa shape index (κ3) is 3.70. The molecule has 2 aromatic heterocycles. The summed E-state index contributed by atoms with van der Waals surface area (Å²) < 4.78 is 3.64. The highest BCUT2D eigenvalue weighted by molar-refractivity contribution is 6.34. The van der Waals surface area contributed by atoms with Crippen molar-refractivity contribution in [1.29, 1.82) is 0 Å². The van der Waals surface area contributed by atoms with Crippen molar-refractivity contribution in [3.8, 4) is 0 Å². The van der Waals surface area contributed by atoms with Crippen molar-refractivity contribution in [3.63, 3.8) is 0 Å². The molecule has 1 aromatic carbocycles. The van der Waals surface area contributed by atoms with Crippen LogP contribution >= 0.6 is 11.6 Å². The number of hydrogen-bond acceptors (Lipinski definition) is 5. The SMILES string of the molecule is O=C(c1cc2c(cc1Cl)n1cncc1c(=O)n2C1CCCCC1)N1CCN(CCO)CC1. The molecule has 9 heteroatoms. The topological polar surface area (TPSA) is 83.1 Å². The van der Waals surface area contributed by atoms with Crippen LogP contribution in [-0.2, 0) is 0 Å². The van der Waals surface area contributed by atoms with Crippen LogP contribution in [0.1, 0.15) is 48.5 Å². The van der Waals surface area contributed by atoms with Gasteiger partial charge >= 0.3 is 0 Å². The lowest BCUT2D eigenvalue weighted by Gasteiger charge is -2.34. The van der Waals surface area contributed by atoms with E-state index in [-0.39, 0.29) is 24.1 Å². The van der Waals surface area contributed by atoms with Gasteiger partial charge in [-0.05, 0) is 25.0 Å². The van der Waals surface area contributed by atoms with Crippen molar-refractivity contribution in [1.82, 2.24) is 23.8 Å². The van der Waals surface area contributed by atoms with Gasteiger partial charge in [-0.1, -0.05) is 30.9 Å². The Hall–Kier alpha value is -2.42. The van der Waals surface area contributed by atoms with Gasteiger partial charge in [-0.2, -0.15) is 0 Å². The molecule has 8 nitrogen and oxygen atoms in total. The van der Waals surface area contributed by atoms with Gasteiger partial charge in [0.2, 0.25) is 0 Å². The Kier molecular flexibility index (Phi) is 5.92. The van der Waals surface area contributed by atoms with E-state index >= 15 is 0 Å². The molecule has 3 heterocycles. The van der Waals surface area contributed by atoms with Gasteiger partial charge in [0, 0.05) is 38.8 Å². The Bertz CT molecular complexity index is 1210. The molecule has 1 amide bonds. The first-order chi connectivity index (χ1) is 15.6. The second-order valence-corrected chi connectivity index (χ2v) is 9.20. The molecule has 1 N–H and O–H groups in total. The Morgan fingerprint density at radius 2 is 1.81 bits per heavy atom. The fourth-order valence-electron chi connectivity index (χ4n) is 5.17. The molecule has 2 fully saturated rings. The first-order valence-corrected chi connectivity index (χ1v) is 11.8. The van der Waals surface area contributed by atoms with Gasteiger partial charge in [-0.25, -0.2) is 4.98 Å². The summed E-state index contributed by atoms with van der Waals surface area (Å²) in [6, 6.07) is 3.71. The molecule has 0 unspecified atom stereocenters. The number of aliphatic hydroxyl groups excluding tert-OH is 1. The van der Waals surface area contributed by atoms with Crippen molar-refractivity contribution < 1.29 is 9.90 Å². The molecule has 1 aliphatic carbocycles. The highest BCUT2D eigenvalue weighted by atomic mass is 35.5. The first-order valence-electron chi connectivity index (χ1n) is 11.4. The van der Waals surface area contributed by atoms with E-state index in [2.05, 4.69) is 9.88 Å². The quantitative estimate of drug-likeness (QED) is 0.651. The lowest BCUT2D eigenvalue weighted by Crippen LogP contribution is -2.49. The lowest BCUT2D eigenvalue weighted by molar-refractivity contribution is 0.0615. The number of benzene rings is 1. The molecule has 32 heavy (non-hydrogen) atoms. The van der Waals surface area contributed by atoms with Crippen molar-refractivity contribution in [2.45, 2.75) is 38.1 Å². The van der Waals surface area contributed by atoms with E-state index in [0.29, 0.717) is 35.7 Å². The Morgan fingerprint density at radius 1 is 1.06 bits per heavy atom. The minimum atomic E-state index is -0.117. The first kappa shape index (κ1) is 21.4. The second-order valence-electron chi connectivity index (χ2n) is 8.79. The summed E-state index contributed by atoms with van der Waals surface area (Å²) in [5.74, 6) is -0.117. The zero-order valence-electron chi connectivity index (χ0n) is 18.0. The average molecular weight is 458 g/mol. The maximum Gasteiger partial charge on any atom is 0.277 e. The highest BCUT2D eigenvalue weighted by Crippen LogP contribution is 2.32. The summed E-state index contributed by atoms with van der Waals surface area (Å²) in [7, 11) is 0. The van der Waals surface area contributed by atoms with E-state index in [1.54, 1.807) is 34.0 Å². The highest BCUT2D eigenvalue weighted by Gasteiger charge is 2.26. The van der Waals surface area contributed by atoms with Gasteiger partial charge in [0.25, 0.3) is 11.5 Å². The Labute approximate surface area is 191 Å². The molecule has 170 valence electrons. The van der Waals surface area contributed by atoms with Crippen LogP contribution in [0.25, 0.3) is 16.6 Å². The predicted molar refractivity (Wildman–Crippen MR) is 124 cm³/mol. The molecule has 0 radical (unpaired) electrons. The normalized spacial score (nSPS) is 18.6. The van der Waals surface area contributed by atoms with E-state index in [9.17, 15) is 9.59 Å². The zero-order valence-corrected chi connectivity index (χ0v) is 18.8. The number of halogens is 1. The van der Waals surface area contributed by atoms with Crippen molar-refractivity contribution in [2.24, 2.45) is 0 Å². The van der Waals surface area contributed by atoms with Crippen molar-refractivity contribution in [3.05, 3.63) is 45.6 Å². The van der Waals surface area contributed by atoms with Gasteiger partial charge < -0.3 is 14.6 Å². The van der Waals surface area contributed by atoms with Crippen LogP contribution in [0.4, 0.5) is 0 Å². The van der Waals surface area contributed by atoms with Crippen LogP contribution < -0.4 is 5.56 Å². The molecule has 1 saturated heterocycles. The minimum Gasteiger partial charge on any atom is -0.395 e. The second kappa shape index (κ2) is 8.84. The maximum absolute atomic E-state index is 13.4. The van der Waals surface area contributed by atoms with Crippen LogP contribution in [0.3, 0.4) is 0 Å². The predicted octanol–water partition coefficient (Wildman–Crippen LogP) is 2.56. The molecule has 0 bridgehead atoms. The molecule has 2 aliphatic rings.